The van der Waals surface area contributed by atoms with Crippen LogP contribution in [0.5, 0.6) is 0 Å². The van der Waals surface area contributed by atoms with Crippen LogP contribution in [-0.4, -0.2) is 73.8 Å². The minimum Gasteiger partial charge on any atom is -0.480 e. The molecule has 0 bridgehead atoms. The van der Waals surface area contributed by atoms with Crippen molar-refractivity contribution in [2.75, 3.05) is 39.0 Å². The number of ether oxygens (including phenoxy) is 1. The quantitative estimate of drug-likeness (QED) is 0.762. The number of carboxylic acid groups (broad SMARTS) is 1. The van der Waals surface area contributed by atoms with Gasteiger partial charge in [-0.05, 0) is 12.1 Å². The molecule has 0 spiro atoms. The van der Waals surface area contributed by atoms with Gasteiger partial charge in [0.1, 0.15) is 17.9 Å². The summed E-state index contributed by atoms with van der Waals surface area (Å²) in [6, 6.07) is 9.77. The van der Waals surface area contributed by atoms with Crippen LogP contribution in [0.3, 0.4) is 0 Å². The van der Waals surface area contributed by atoms with E-state index in [4.69, 9.17) is 14.3 Å². The molecule has 3 rings (SSSR count). The Morgan fingerprint density at radius 1 is 1.38 bits per heavy atom. The molecule has 1 fully saturated rings. The molecule has 8 nitrogen and oxygen atoms in total. The first-order chi connectivity index (χ1) is 12.3. The molecule has 1 aromatic carbocycles. The van der Waals surface area contributed by atoms with Crippen molar-refractivity contribution in [1.82, 2.24) is 9.21 Å². The second kappa shape index (κ2) is 7.75. The Kier molecular flexibility index (Phi) is 5.61. The van der Waals surface area contributed by atoms with Crippen molar-refractivity contribution in [3.63, 3.8) is 0 Å². The summed E-state index contributed by atoms with van der Waals surface area (Å²) >= 11 is 0. The van der Waals surface area contributed by atoms with Crippen LogP contribution in [0.4, 0.5) is 0 Å². The van der Waals surface area contributed by atoms with E-state index >= 15 is 0 Å². The molecule has 0 aliphatic carbocycles. The molecule has 1 unspecified atom stereocenters. The Bertz CT molecular complexity index is 845. The van der Waals surface area contributed by atoms with E-state index in [2.05, 4.69) is 4.90 Å². The van der Waals surface area contributed by atoms with Crippen LogP contribution in [0.25, 0.3) is 11.0 Å². The smallest absolute Gasteiger partial charge is 0.318 e. The van der Waals surface area contributed by atoms with Crippen molar-refractivity contribution in [3.05, 3.63) is 36.1 Å². The van der Waals surface area contributed by atoms with Crippen molar-refractivity contribution in [3.8, 4) is 0 Å². The molecule has 1 aromatic heterocycles. The first-order valence-corrected chi connectivity index (χ1v) is 10.1. The van der Waals surface area contributed by atoms with Gasteiger partial charge in [0.2, 0.25) is 10.0 Å². The maximum absolute atomic E-state index is 11.8. The predicted octanol–water partition coefficient (Wildman–Crippen LogP) is 0.980. The van der Waals surface area contributed by atoms with Crippen LogP contribution < -0.4 is 0 Å². The molecule has 1 saturated heterocycles. The number of sulfonamides is 1. The van der Waals surface area contributed by atoms with Crippen molar-refractivity contribution >= 4 is 27.0 Å². The summed E-state index contributed by atoms with van der Waals surface area (Å²) in [5.41, 5.74) is 0.831. The third kappa shape index (κ3) is 4.82. The number of para-hydroxylation sites is 1. The van der Waals surface area contributed by atoms with Crippen LogP contribution in [-0.2, 0) is 26.1 Å². The third-order valence-corrected chi connectivity index (χ3v) is 5.48. The van der Waals surface area contributed by atoms with E-state index in [0.717, 1.165) is 27.3 Å². The van der Waals surface area contributed by atoms with Gasteiger partial charge in [0.05, 0.1) is 25.5 Å². The van der Waals surface area contributed by atoms with E-state index in [1.807, 2.05) is 30.3 Å². The number of fused-ring (bicyclic) bond motifs is 1. The number of carbonyl (C=O) groups is 1. The first kappa shape index (κ1) is 18.8. The molecule has 26 heavy (non-hydrogen) atoms. The van der Waals surface area contributed by atoms with Crippen LogP contribution in [0.2, 0.25) is 0 Å². The van der Waals surface area contributed by atoms with Gasteiger partial charge in [-0.25, -0.2) is 8.42 Å². The van der Waals surface area contributed by atoms with Crippen LogP contribution in [0.15, 0.2) is 34.7 Å². The molecule has 2 heterocycles. The minimum atomic E-state index is -3.62. The van der Waals surface area contributed by atoms with Gasteiger partial charge in [-0.15, -0.1) is 0 Å². The average Bonchev–Trinajstić information content (AvgIpc) is 2.95. The number of hydrogen-bond acceptors (Lipinski definition) is 6. The molecule has 1 aliphatic heterocycles. The summed E-state index contributed by atoms with van der Waals surface area (Å²) in [6.07, 6.45) is 0.618. The molecule has 2 aromatic rings. The van der Waals surface area contributed by atoms with Gasteiger partial charge in [0.25, 0.3) is 0 Å². The number of rotatable bonds is 7. The Hall–Kier alpha value is -1.94. The van der Waals surface area contributed by atoms with Gasteiger partial charge in [0, 0.05) is 25.0 Å². The van der Waals surface area contributed by atoms with Crippen molar-refractivity contribution in [1.29, 1.82) is 0 Å². The number of nitrogens with zero attached hydrogens (tertiary/aromatic N) is 2. The summed E-state index contributed by atoms with van der Waals surface area (Å²) < 4.78 is 36.0. The molecule has 0 radical (unpaired) electrons. The maximum Gasteiger partial charge on any atom is 0.318 e. The minimum absolute atomic E-state index is 0.0156. The van der Waals surface area contributed by atoms with Crippen LogP contribution in [0, 0.1) is 0 Å². The molecular weight excluding hydrogens is 360 g/mol. The van der Waals surface area contributed by atoms with Gasteiger partial charge in [0.15, 0.2) is 0 Å². The highest BCUT2D eigenvalue weighted by molar-refractivity contribution is 7.88. The van der Waals surface area contributed by atoms with E-state index in [0.29, 0.717) is 26.2 Å². The van der Waals surface area contributed by atoms with E-state index < -0.39 is 22.5 Å². The molecule has 1 aliphatic rings. The fourth-order valence-electron chi connectivity index (χ4n) is 3.06. The molecule has 1 atom stereocenters. The van der Waals surface area contributed by atoms with Crippen LogP contribution in [0.1, 0.15) is 5.76 Å². The first-order valence-electron chi connectivity index (χ1n) is 8.29. The van der Waals surface area contributed by atoms with Gasteiger partial charge < -0.3 is 14.3 Å². The normalized spacial score (nSPS) is 19.2. The van der Waals surface area contributed by atoms with Crippen LogP contribution >= 0.6 is 0 Å². The predicted molar refractivity (Wildman–Crippen MR) is 95.3 cm³/mol. The standard InChI is InChI=1S/C17H22N2O6S/c1-26(22,23)19(12-17(20)21)11-15-10-18(6-7-24-15)9-14-8-13-4-2-3-5-16(13)25-14/h2-5,8,15H,6-7,9-12H2,1H3,(H,20,21). The average molecular weight is 382 g/mol. The molecule has 9 heteroatoms. The number of furan rings is 1. The number of aliphatic carboxylic acids is 1. The van der Waals surface area contributed by atoms with Gasteiger partial charge in [-0.2, -0.15) is 4.31 Å². The summed E-state index contributed by atoms with van der Waals surface area (Å²) in [6.45, 7) is 1.69. The number of benzene rings is 1. The lowest BCUT2D eigenvalue weighted by atomic mass is 10.2. The summed E-state index contributed by atoms with van der Waals surface area (Å²) in [5.74, 6) is -0.359. The number of carboxylic acids is 1. The van der Waals surface area contributed by atoms with E-state index in [1.54, 1.807) is 0 Å². The Morgan fingerprint density at radius 2 is 2.15 bits per heavy atom. The Labute approximate surface area is 152 Å². The Morgan fingerprint density at radius 3 is 2.85 bits per heavy atom. The highest BCUT2D eigenvalue weighted by Crippen LogP contribution is 2.21. The fraction of sp³-hybridized carbons (Fsp3) is 0.471. The second-order valence-electron chi connectivity index (χ2n) is 6.43. The SMILES string of the molecule is CS(=O)(=O)N(CC(=O)O)CC1CN(Cc2cc3ccccc3o2)CCO1. The van der Waals surface area contributed by atoms with Gasteiger partial charge in [-0.1, -0.05) is 18.2 Å². The number of hydrogen-bond donors (Lipinski definition) is 1. The third-order valence-electron chi connectivity index (χ3n) is 4.27. The van der Waals surface area contributed by atoms with Gasteiger partial charge in [-0.3, -0.25) is 9.69 Å². The lowest BCUT2D eigenvalue weighted by molar-refractivity contribution is -0.137. The second-order valence-corrected chi connectivity index (χ2v) is 8.41. The lowest BCUT2D eigenvalue weighted by Gasteiger charge is -2.34. The van der Waals surface area contributed by atoms with Crippen molar-refractivity contribution < 1.29 is 27.5 Å². The molecule has 142 valence electrons. The number of morpholine rings is 1. The highest BCUT2D eigenvalue weighted by atomic mass is 32.2. The zero-order valence-corrected chi connectivity index (χ0v) is 15.3. The molecule has 0 saturated carbocycles. The van der Waals surface area contributed by atoms with E-state index in [1.165, 1.54) is 0 Å². The van der Waals surface area contributed by atoms with Gasteiger partial charge >= 0.3 is 5.97 Å². The van der Waals surface area contributed by atoms with E-state index in [-0.39, 0.29) is 12.6 Å². The summed E-state index contributed by atoms with van der Waals surface area (Å²) in [5, 5.41) is 9.96. The zero-order chi connectivity index (χ0) is 18.7. The van der Waals surface area contributed by atoms with E-state index in [9.17, 15) is 13.2 Å². The molecular formula is C17H22N2O6S. The lowest BCUT2D eigenvalue weighted by Crippen LogP contribution is -2.49. The highest BCUT2D eigenvalue weighted by Gasteiger charge is 2.28. The maximum atomic E-state index is 11.8. The monoisotopic (exact) mass is 382 g/mol. The van der Waals surface area contributed by atoms with Crippen molar-refractivity contribution in [2.24, 2.45) is 0 Å². The zero-order valence-electron chi connectivity index (χ0n) is 14.5. The topological polar surface area (TPSA) is 100 Å². The largest absolute Gasteiger partial charge is 0.480 e. The molecule has 0 amide bonds. The fourth-order valence-corrected chi connectivity index (χ4v) is 3.85. The summed E-state index contributed by atoms with van der Waals surface area (Å²) in [7, 11) is -3.62. The Balaban J connectivity index is 1.63. The summed E-state index contributed by atoms with van der Waals surface area (Å²) in [4.78, 5) is 13.0. The molecule has 1 N–H and O–H groups in total. The van der Waals surface area contributed by atoms with Crippen molar-refractivity contribution in [2.45, 2.75) is 12.6 Å².